The summed E-state index contributed by atoms with van der Waals surface area (Å²) in [4.78, 5) is 11.9. The van der Waals surface area contributed by atoms with Gasteiger partial charge < -0.3 is 5.73 Å². The fourth-order valence-corrected chi connectivity index (χ4v) is 1.65. The lowest BCUT2D eigenvalue weighted by atomic mass is 9.84. The molecule has 1 aromatic rings. The van der Waals surface area contributed by atoms with E-state index < -0.39 is 0 Å². The maximum absolute atomic E-state index is 11.9. The van der Waals surface area contributed by atoms with Gasteiger partial charge in [-0.05, 0) is 24.0 Å². The van der Waals surface area contributed by atoms with E-state index in [1.54, 1.807) is 17.1 Å². The predicted molar refractivity (Wildman–Crippen MR) is 65.4 cm³/mol. The van der Waals surface area contributed by atoms with Gasteiger partial charge in [0.15, 0.2) is 0 Å². The first-order valence-electron chi connectivity index (χ1n) is 5.56. The molecule has 4 heteroatoms. The number of hydrogen-bond donors (Lipinski definition) is 2. The molecule has 0 saturated carbocycles. The topological polar surface area (TPSA) is 60.1 Å². The van der Waals surface area contributed by atoms with Gasteiger partial charge >= 0.3 is 0 Å². The molecular weight excluding hydrogens is 202 g/mol. The van der Waals surface area contributed by atoms with Crippen molar-refractivity contribution in [1.29, 1.82) is 0 Å². The molecule has 0 fully saturated rings. The third-order valence-corrected chi connectivity index (χ3v) is 2.36. The van der Waals surface area contributed by atoms with Crippen LogP contribution in [0.5, 0.6) is 0 Å². The van der Waals surface area contributed by atoms with Crippen LogP contribution in [0.1, 0.15) is 27.2 Å². The number of nitrogens with zero attached hydrogens (tertiary/aromatic N) is 1. The molecule has 1 rings (SSSR count). The molecule has 1 heterocycles. The van der Waals surface area contributed by atoms with E-state index in [2.05, 4.69) is 26.2 Å². The minimum Gasteiger partial charge on any atom is -0.330 e. The Kier molecular flexibility index (Phi) is 4.12. The first kappa shape index (κ1) is 12.8. The van der Waals surface area contributed by atoms with Crippen LogP contribution in [0.25, 0.3) is 0 Å². The zero-order chi connectivity index (χ0) is 12.2. The lowest BCUT2D eigenvalue weighted by Gasteiger charge is -2.24. The third kappa shape index (κ3) is 4.06. The van der Waals surface area contributed by atoms with Crippen molar-refractivity contribution in [3.8, 4) is 0 Å². The predicted octanol–water partition coefficient (Wildman–Crippen LogP) is 1.57. The Morgan fingerprint density at radius 2 is 1.94 bits per heavy atom. The van der Waals surface area contributed by atoms with Crippen molar-refractivity contribution >= 4 is 5.91 Å². The zero-order valence-corrected chi connectivity index (χ0v) is 10.2. The average Bonchev–Trinajstić information content (AvgIpc) is 2.65. The Hall–Kier alpha value is -1.29. The molecule has 0 aliphatic rings. The van der Waals surface area contributed by atoms with Gasteiger partial charge in [0.25, 0.3) is 0 Å². The number of amides is 1. The van der Waals surface area contributed by atoms with Crippen LogP contribution in [-0.4, -0.2) is 17.1 Å². The summed E-state index contributed by atoms with van der Waals surface area (Å²) in [5, 5.41) is 0. The summed E-state index contributed by atoms with van der Waals surface area (Å²) in [7, 11) is 0. The van der Waals surface area contributed by atoms with Crippen molar-refractivity contribution in [3.63, 3.8) is 0 Å². The molecule has 4 nitrogen and oxygen atoms in total. The van der Waals surface area contributed by atoms with Crippen LogP contribution in [0.15, 0.2) is 24.5 Å². The second-order valence-corrected chi connectivity index (χ2v) is 5.26. The second kappa shape index (κ2) is 5.16. The van der Waals surface area contributed by atoms with Crippen LogP contribution in [0.4, 0.5) is 0 Å². The molecule has 3 N–H and O–H groups in total. The SMILES string of the molecule is CC(C)(C)CC(CN)C(=O)Nn1cccc1. The van der Waals surface area contributed by atoms with E-state index in [-0.39, 0.29) is 17.2 Å². The summed E-state index contributed by atoms with van der Waals surface area (Å²) in [6, 6.07) is 3.73. The van der Waals surface area contributed by atoms with Crippen LogP contribution >= 0.6 is 0 Å². The Balaban J connectivity index is 2.56. The van der Waals surface area contributed by atoms with Gasteiger partial charge in [-0.1, -0.05) is 20.8 Å². The van der Waals surface area contributed by atoms with E-state index >= 15 is 0 Å². The molecule has 0 spiro atoms. The van der Waals surface area contributed by atoms with Crippen molar-refractivity contribution in [1.82, 2.24) is 4.68 Å². The van der Waals surface area contributed by atoms with E-state index in [1.165, 1.54) is 0 Å². The monoisotopic (exact) mass is 223 g/mol. The Morgan fingerprint density at radius 3 is 2.38 bits per heavy atom. The van der Waals surface area contributed by atoms with E-state index in [0.29, 0.717) is 6.54 Å². The minimum absolute atomic E-state index is 0.0198. The number of rotatable bonds is 4. The number of nitrogens with two attached hydrogens (primary N) is 1. The molecule has 0 bridgehead atoms. The third-order valence-electron chi connectivity index (χ3n) is 2.36. The van der Waals surface area contributed by atoms with Gasteiger partial charge in [-0.3, -0.25) is 14.9 Å². The molecule has 1 amide bonds. The van der Waals surface area contributed by atoms with Crippen molar-refractivity contribution in [2.75, 3.05) is 12.0 Å². The molecule has 0 saturated heterocycles. The molecule has 16 heavy (non-hydrogen) atoms. The molecule has 1 unspecified atom stereocenters. The van der Waals surface area contributed by atoms with Gasteiger partial charge in [0.2, 0.25) is 5.91 Å². The lowest BCUT2D eigenvalue weighted by Crippen LogP contribution is -2.35. The molecular formula is C12H21N3O. The van der Waals surface area contributed by atoms with Gasteiger partial charge in [0.1, 0.15) is 0 Å². The van der Waals surface area contributed by atoms with Gasteiger partial charge in [0, 0.05) is 18.9 Å². The number of carbonyl (C=O) groups is 1. The maximum Gasteiger partial charge on any atom is 0.243 e. The van der Waals surface area contributed by atoms with Gasteiger partial charge in [0.05, 0.1) is 5.92 Å². The lowest BCUT2D eigenvalue weighted by molar-refractivity contribution is -0.121. The quantitative estimate of drug-likeness (QED) is 0.814. The smallest absolute Gasteiger partial charge is 0.243 e. The van der Waals surface area contributed by atoms with Gasteiger partial charge in [-0.25, -0.2) is 0 Å². The van der Waals surface area contributed by atoms with Crippen LogP contribution in [-0.2, 0) is 4.79 Å². The van der Waals surface area contributed by atoms with Crippen molar-refractivity contribution in [3.05, 3.63) is 24.5 Å². The number of nitrogens with one attached hydrogen (secondary N) is 1. The van der Waals surface area contributed by atoms with E-state index in [0.717, 1.165) is 6.42 Å². The summed E-state index contributed by atoms with van der Waals surface area (Å²) in [6.07, 6.45) is 4.38. The van der Waals surface area contributed by atoms with Crippen molar-refractivity contribution < 1.29 is 4.79 Å². The highest BCUT2D eigenvalue weighted by atomic mass is 16.2. The summed E-state index contributed by atoms with van der Waals surface area (Å²) in [5.41, 5.74) is 8.54. The minimum atomic E-state index is -0.137. The molecule has 1 atom stereocenters. The molecule has 0 aliphatic heterocycles. The highest BCUT2D eigenvalue weighted by Crippen LogP contribution is 2.24. The highest BCUT2D eigenvalue weighted by molar-refractivity contribution is 5.86. The maximum atomic E-state index is 11.9. The standard InChI is InChI=1S/C12H21N3O/c1-12(2,3)8-10(9-13)11(16)14-15-6-4-5-7-15/h4-7,10H,8-9,13H2,1-3H3,(H,14,16). The van der Waals surface area contributed by atoms with Gasteiger partial charge in [-0.15, -0.1) is 0 Å². The Labute approximate surface area is 96.8 Å². The second-order valence-electron chi connectivity index (χ2n) is 5.26. The van der Waals surface area contributed by atoms with Crippen LogP contribution in [0, 0.1) is 11.3 Å². The van der Waals surface area contributed by atoms with Crippen molar-refractivity contribution in [2.24, 2.45) is 17.1 Å². The zero-order valence-electron chi connectivity index (χ0n) is 10.2. The molecule has 0 aliphatic carbocycles. The number of carbonyl (C=O) groups excluding carboxylic acids is 1. The van der Waals surface area contributed by atoms with Crippen molar-refractivity contribution in [2.45, 2.75) is 27.2 Å². The fourth-order valence-electron chi connectivity index (χ4n) is 1.65. The summed E-state index contributed by atoms with van der Waals surface area (Å²) < 4.78 is 1.65. The first-order valence-corrected chi connectivity index (χ1v) is 5.56. The summed E-state index contributed by atoms with van der Waals surface area (Å²) >= 11 is 0. The molecule has 0 aromatic carbocycles. The van der Waals surface area contributed by atoms with E-state index in [1.807, 2.05) is 12.1 Å². The Bertz CT molecular complexity index is 325. The largest absolute Gasteiger partial charge is 0.330 e. The molecule has 90 valence electrons. The summed E-state index contributed by atoms with van der Waals surface area (Å²) in [6.45, 7) is 6.71. The summed E-state index contributed by atoms with van der Waals surface area (Å²) in [5.74, 6) is -0.156. The van der Waals surface area contributed by atoms with Crippen LogP contribution in [0.3, 0.4) is 0 Å². The molecule has 0 radical (unpaired) electrons. The van der Waals surface area contributed by atoms with Crippen LogP contribution < -0.4 is 11.2 Å². The number of aromatic nitrogens is 1. The fraction of sp³-hybridized carbons (Fsp3) is 0.583. The van der Waals surface area contributed by atoms with Gasteiger partial charge in [-0.2, -0.15) is 0 Å². The van der Waals surface area contributed by atoms with E-state index in [4.69, 9.17) is 5.73 Å². The first-order chi connectivity index (χ1) is 7.42. The number of hydrogen-bond acceptors (Lipinski definition) is 2. The normalized spacial score (nSPS) is 13.5. The van der Waals surface area contributed by atoms with Crippen LogP contribution in [0.2, 0.25) is 0 Å². The molecule has 1 aromatic heterocycles. The highest BCUT2D eigenvalue weighted by Gasteiger charge is 2.23. The average molecular weight is 223 g/mol. The van der Waals surface area contributed by atoms with E-state index in [9.17, 15) is 4.79 Å². The Morgan fingerprint density at radius 1 is 1.38 bits per heavy atom.